The van der Waals surface area contributed by atoms with Crippen molar-refractivity contribution < 1.29 is 5.11 Å². The smallest absolute Gasteiger partial charge is 0.124 e. The summed E-state index contributed by atoms with van der Waals surface area (Å²) in [5.74, 6) is 0.354. The number of nitrogens with zero attached hydrogens (tertiary/aromatic N) is 6. The monoisotopic (exact) mass is 554 g/mol. The van der Waals surface area contributed by atoms with E-state index in [-0.39, 0.29) is 0 Å². The topological polar surface area (TPSA) is 78.3 Å². The lowest BCUT2D eigenvalue weighted by molar-refractivity contribution is 0.236. The van der Waals surface area contributed by atoms with Crippen molar-refractivity contribution in [1.82, 2.24) is 29.7 Å². The van der Waals surface area contributed by atoms with Gasteiger partial charge in [-0.3, -0.25) is 9.80 Å². The molecule has 0 fully saturated rings. The highest BCUT2D eigenvalue weighted by Crippen LogP contribution is 2.30. The summed E-state index contributed by atoms with van der Waals surface area (Å²) in [6.45, 7) is 6.14. The van der Waals surface area contributed by atoms with Gasteiger partial charge in [0.1, 0.15) is 25.8 Å². The summed E-state index contributed by atoms with van der Waals surface area (Å²) in [6, 6.07) is 4.17. The lowest BCUT2D eigenvalue weighted by Gasteiger charge is -2.24. The van der Waals surface area contributed by atoms with Crippen LogP contribution in [0.15, 0.2) is 58.4 Å². The predicted molar refractivity (Wildman–Crippen MR) is 147 cm³/mol. The Balaban J connectivity index is 1.38. The molecule has 0 spiro atoms. The van der Waals surface area contributed by atoms with E-state index in [1.165, 1.54) is 0 Å². The van der Waals surface area contributed by atoms with Crippen LogP contribution in [-0.2, 0) is 39.3 Å². The number of phenols is 1. The molecule has 0 amide bonds. The Morgan fingerprint density at radius 3 is 1.19 bits per heavy atom. The number of hydrogen-bond donors (Lipinski definition) is 1. The van der Waals surface area contributed by atoms with E-state index in [1.807, 2.05) is 46.3 Å². The number of rotatable bonds is 12. The summed E-state index contributed by atoms with van der Waals surface area (Å²) in [6.07, 6.45) is 7.35. The fourth-order valence-electron chi connectivity index (χ4n) is 4.08. The van der Waals surface area contributed by atoms with Crippen LogP contribution in [0.4, 0.5) is 0 Å². The highest BCUT2D eigenvalue weighted by Gasteiger charge is 2.19. The van der Waals surface area contributed by atoms with Crippen molar-refractivity contribution in [3.8, 4) is 5.75 Å². The van der Waals surface area contributed by atoms with Gasteiger partial charge in [0.2, 0.25) is 0 Å². The number of aromatic nitrogens is 4. The second kappa shape index (κ2) is 12.1. The summed E-state index contributed by atoms with van der Waals surface area (Å²) < 4.78 is 0. The number of thiazole rings is 4. The number of phenolic OH excluding ortho intramolecular Hbond substituents is 1. The SMILES string of the molecule is Cc1cc(CN(Cc2nccs2)Cc2nccs2)c(O)c(CN(Cc2nccs2)Cc2nccs2)c1. The molecule has 7 nitrogen and oxygen atoms in total. The van der Waals surface area contributed by atoms with Crippen LogP contribution in [0.25, 0.3) is 0 Å². The molecule has 11 heteroatoms. The van der Waals surface area contributed by atoms with E-state index in [0.717, 1.165) is 36.7 Å². The second-order valence-corrected chi connectivity index (χ2v) is 12.3. The largest absolute Gasteiger partial charge is 0.507 e. The lowest BCUT2D eigenvalue weighted by Crippen LogP contribution is -2.24. The van der Waals surface area contributed by atoms with E-state index in [2.05, 4.69) is 48.8 Å². The first-order chi connectivity index (χ1) is 17.6. The summed E-state index contributed by atoms with van der Waals surface area (Å²) in [7, 11) is 0. The van der Waals surface area contributed by atoms with Crippen LogP contribution in [0.3, 0.4) is 0 Å². The van der Waals surface area contributed by atoms with E-state index in [4.69, 9.17) is 0 Å². The third kappa shape index (κ3) is 6.81. The van der Waals surface area contributed by atoms with E-state index in [1.54, 1.807) is 45.3 Å². The summed E-state index contributed by atoms with van der Waals surface area (Å²) in [5.41, 5.74) is 2.97. The van der Waals surface area contributed by atoms with Gasteiger partial charge in [0.05, 0.1) is 26.2 Å². The fraction of sp³-hybridized carbons (Fsp3) is 0.280. The number of aryl methyl sites for hydroxylation is 1. The third-order valence-corrected chi connectivity index (χ3v) is 8.63. The highest BCUT2D eigenvalue weighted by atomic mass is 32.1. The first kappa shape index (κ1) is 25.1. The van der Waals surface area contributed by atoms with Gasteiger partial charge in [-0.25, -0.2) is 19.9 Å². The van der Waals surface area contributed by atoms with E-state index < -0.39 is 0 Å². The van der Waals surface area contributed by atoms with Gasteiger partial charge in [-0.1, -0.05) is 17.7 Å². The van der Waals surface area contributed by atoms with Gasteiger partial charge < -0.3 is 5.11 Å². The molecule has 5 aromatic rings. The highest BCUT2D eigenvalue weighted by molar-refractivity contribution is 7.10. The second-order valence-electron chi connectivity index (χ2n) is 8.43. The molecule has 1 N–H and O–H groups in total. The molecule has 1 aromatic carbocycles. The Kier molecular flexibility index (Phi) is 8.47. The minimum absolute atomic E-state index is 0.354. The molecule has 4 aromatic heterocycles. The maximum absolute atomic E-state index is 11.4. The van der Waals surface area contributed by atoms with Crippen LogP contribution in [-0.4, -0.2) is 34.8 Å². The molecule has 0 aliphatic carbocycles. The molecule has 0 saturated carbocycles. The lowest BCUT2D eigenvalue weighted by atomic mass is 10.0. The maximum atomic E-state index is 11.4. The molecule has 0 aliphatic heterocycles. The average molecular weight is 555 g/mol. The predicted octanol–water partition coefficient (Wildman–Crippen LogP) is 5.93. The quantitative estimate of drug-likeness (QED) is 0.205. The van der Waals surface area contributed by atoms with Gasteiger partial charge in [0.25, 0.3) is 0 Å². The summed E-state index contributed by atoms with van der Waals surface area (Å²) in [4.78, 5) is 22.5. The Morgan fingerprint density at radius 2 is 0.917 bits per heavy atom. The standard InChI is InChI=1S/C25H26N6OS4/c1-18-10-19(12-30(14-21-26-2-6-33-21)15-22-27-3-7-34-22)25(32)20(11-18)13-31(16-23-28-4-8-35-23)17-24-29-5-9-36-24/h2-11,32H,12-17H2,1H3. The molecular formula is C25H26N6OS4. The average Bonchev–Trinajstić information content (AvgIpc) is 3.66. The van der Waals surface area contributed by atoms with Crippen molar-refractivity contribution in [2.24, 2.45) is 0 Å². The Bertz CT molecular complexity index is 1150. The molecule has 0 atom stereocenters. The van der Waals surface area contributed by atoms with E-state index in [9.17, 15) is 5.11 Å². The Morgan fingerprint density at radius 1 is 0.583 bits per heavy atom. The van der Waals surface area contributed by atoms with Crippen LogP contribution in [0.2, 0.25) is 0 Å². The van der Waals surface area contributed by atoms with Gasteiger partial charge in [-0.2, -0.15) is 0 Å². The Labute approximate surface area is 226 Å². The van der Waals surface area contributed by atoms with Crippen molar-refractivity contribution in [2.45, 2.75) is 46.2 Å². The first-order valence-corrected chi connectivity index (χ1v) is 14.9. The maximum Gasteiger partial charge on any atom is 0.124 e. The number of hydrogen-bond acceptors (Lipinski definition) is 11. The van der Waals surface area contributed by atoms with Crippen molar-refractivity contribution >= 4 is 45.3 Å². The van der Waals surface area contributed by atoms with Crippen LogP contribution >= 0.6 is 45.3 Å². The van der Waals surface area contributed by atoms with E-state index >= 15 is 0 Å². The first-order valence-electron chi connectivity index (χ1n) is 11.4. The molecule has 36 heavy (non-hydrogen) atoms. The Hall–Kier alpha value is -2.54. The van der Waals surface area contributed by atoms with Gasteiger partial charge in [-0.05, 0) is 6.92 Å². The van der Waals surface area contributed by atoms with Gasteiger partial charge in [-0.15, -0.1) is 45.3 Å². The van der Waals surface area contributed by atoms with Crippen LogP contribution < -0.4 is 0 Å². The van der Waals surface area contributed by atoms with Gasteiger partial charge >= 0.3 is 0 Å². The summed E-state index contributed by atoms with van der Waals surface area (Å²) >= 11 is 6.59. The molecule has 5 rings (SSSR count). The van der Waals surface area contributed by atoms with Gasteiger partial charge in [0, 0.05) is 70.5 Å². The molecule has 0 saturated heterocycles. The number of aromatic hydroxyl groups is 1. The molecule has 4 heterocycles. The normalized spacial score (nSPS) is 11.6. The minimum Gasteiger partial charge on any atom is -0.507 e. The molecule has 0 radical (unpaired) electrons. The zero-order valence-electron chi connectivity index (χ0n) is 19.8. The van der Waals surface area contributed by atoms with Crippen molar-refractivity contribution in [2.75, 3.05) is 0 Å². The van der Waals surface area contributed by atoms with Crippen molar-refractivity contribution in [1.29, 1.82) is 0 Å². The fourth-order valence-corrected chi connectivity index (χ4v) is 6.71. The number of benzene rings is 1. The third-order valence-electron chi connectivity index (χ3n) is 5.57. The van der Waals surface area contributed by atoms with Crippen molar-refractivity contribution in [3.63, 3.8) is 0 Å². The summed E-state index contributed by atoms with van der Waals surface area (Å²) in [5, 5.41) is 23.6. The van der Waals surface area contributed by atoms with E-state index in [0.29, 0.717) is 45.0 Å². The molecule has 186 valence electrons. The molecular weight excluding hydrogens is 529 g/mol. The van der Waals surface area contributed by atoms with Crippen LogP contribution in [0.1, 0.15) is 36.7 Å². The minimum atomic E-state index is 0.354. The van der Waals surface area contributed by atoms with Crippen molar-refractivity contribution in [3.05, 3.63) is 95.2 Å². The van der Waals surface area contributed by atoms with Crippen LogP contribution in [0, 0.1) is 6.92 Å². The van der Waals surface area contributed by atoms with Crippen LogP contribution in [0.5, 0.6) is 5.75 Å². The van der Waals surface area contributed by atoms with Gasteiger partial charge in [0.15, 0.2) is 0 Å². The molecule has 0 aliphatic rings. The zero-order chi connectivity index (χ0) is 24.7. The molecule has 0 bridgehead atoms. The molecule has 0 unspecified atom stereocenters. The zero-order valence-corrected chi connectivity index (χ0v) is 23.0.